The van der Waals surface area contributed by atoms with Crippen LogP contribution in [0.15, 0.2) is 36.1 Å². The first-order valence-electron chi connectivity index (χ1n) is 4.22. The molecule has 0 aliphatic carbocycles. The van der Waals surface area contributed by atoms with Crippen LogP contribution in [0.3, 0.4) is 0 Å². The van der Waals surface area contributed by atoms with Crippen molar-refractivity contribution in [2.45, 2.75) is 0 Å². The number of rotatable bonds is 3. The molecular weight excluding hydrogens is 160 g/mol. The molecule has 0 spiro atoms. The topological polar surface area (TPSA) is 29.3 Å². The lowest BCUT2D eigenvalue weighted by molar-refractivity contribution is 0.461. The van der Waals surface area contributed by atoms with Gasteiger partial charge in [-0.25, -0.2) is 0 Å². The van der Waals surface area contributed by atoms with Crippen molar-refractivity contribution in [2.75, 3.05) is 19.6 Å². The van der Waals surface area contributed by atoms with E-state index in [0.717, 1.165) is 17.7 Å². The summed E-state index contributed by atoms with van der Waals surface area (Å²) in [6, 6.07) is 0. The molecule has 13 heavy (non-hydrogen) atoms. The average Bonchev–Trinajstić information content (AvgIpc) is 2.18. The number of nitrogens with zero attached hydrogens (tertiary/aromatic N) is 1. The standard InChI is InChI=1S/C11H14N2/c1-3-6-13-7-4-5-11(9-13)10(2)8-12/h1,4-5,9H,2,6-8,12H2. The van der Waals surface area contributed by atoms with E-state index in [1.54, 1.807) is 0 Å². The summed E-state index contributed by atoms with van der Waals surface area (Å²) in [5.41, 5.74) is 7.50. The number of terminal acetylenes is 1. The molecular formula is C11H14N2. The molecule has 1 rings (SSSR count). The SMILES string of the molecule is C#CCN1C=C(C(=C)CN)C=CC1. The van der Waals surface area contributed by atoms with Crippen LogP contribution < -0.4 is 5.73 Å². The van der Waals surface area contributed by atoms with Crippen molar-refractivity contribution < 1.29 is 0 Å². The fraction of sp³-hybridized carbons (Fsp3) is 0.273. The zero-order valence-corrected chi connectivity index (χ0v) is 7.66. The highest BCUT2D eigenvalue weighted by Crippen LogP contribution is 2.13. The zero-order chi connectivity index (χ0) is 9.68. The van der Waals surface area contributed by atoms with Gasteiger partial charge in [0.2, 0.25) is 0 Å². The third-order valence-electron chi connectivity index (χ3n) is 1.91. The molecule has 2 N–H and O–H groups in total. The molecule has 1 heterocycles. The van der Waals surface area contributed by atoms with Crippen LogP contribution in [0.2, 0.25) is 0 Å². The minimum Gasteiger partial charge on any atom is -0.362 e. The molecule has 0 aromatic heterocycles. The van der Waals surface area contributed by atoms with Gasteiger partial charge in [0.05, 0.1) is 6.54 Å². The molecule has 0 aromatic carbocycles. The molecule has 0 fully saturated rings. The fourth-order valence-electron chi connectivity index (χ4n) is 1.16. The summed E-state index contributed by atoms with van der Waals surface area (Å²) in [5, 5.41) is 0. The van der Waals surface area contributed by atoms with E-state index in [1.807, 2.05) is 12.3 Å². The van der Waals surface area contributed by atoms with Crippen molar-refractivity contribution in [1.29, 1.82) is 0 Å². The van der Waals surface area contributed by atoms with Crippen LogP contribution in [-0.2, 0) is 0 Å². The Morgan fingerprint density at radius 1 is 1.77 bits per heavy atom. The summed E-state index contributed by atoms with van der Waals surface area (Å²) < 4.78 is 0. The minimum atomic E-state index is 0.486. The quantitative estimate of drug-likeness (QED) is 0.644. The Morgan fingerprint density at radius 3 is 3.15 bits per heavy atom. The number of nitrogens with two attached hydrogens (primary N) is 1. The van der Waals surface area contributed by atoms with Crippen LogP contribution in [0.25, 0.3) is 0 Å². The van der Waals surface area contributed by atoms with Crippen LogP contribution in [0, 0.1) is 12.3 Å². The van der Waals surface area contributed by atoms with Gasteiger partial charge in [0.15, 0.2) is 0 Å². The summed E-state index contributed by atoms with van der Waals surface area (Å²) >= 11 is 0. The molecule has 1 aliphatic rings. The molecule has 2 nitrogen and oxygen atoms in total. The third kappa shape index (κ3) is 2.50. The molecule has 0 amide bonds. The average molecular weight is 174 g/mol. The van der Waals surface area contributed by atoms with E-state index in [4.69, 9.17) is 12.2 Å². The molecule has 0 aromatic rings. The van der Waals surface area contributed by atoms with Crippen molar-refractivity contribution in [3.05, 3.63) is 36.1 Å². The Labute approximate surface area is 79.4 Å². The van der Waals surface area contributed by atoms with Crippen LogP contribution in [0.4, 0.5) is 0 Å². The summed E-state index contributed by atoms with van der Waals surface area (Å²) in [4.78, 5) is 2.05. The van der Waals surface area contributed by atoms with E-state index in [1.165, 1.54) is 0 Å². The molecule has 0 bridgehead atoms. The second kappa shape index (κ2) is 4.54. The monoisotopic (exact) mass is 174 g/mol. The Kier molecular flexibility index (Phi) is 3.36. The van der Waals surface area contributed by atoms with Crippen LogP contribution >= 0.6 is 0 Å². The van der Waals surface area contributed by atoms with Gasteiger partial charge in [-0.2, -0.15) is 0 Å². The van der Waals surface area contributed by atoms with Gasteiger partial charge in [0.1, 0.15) is 0 Å². The minimum absolute atomic E-state index is 0.486. The Morgan fingerprint density at radius 2 is 2.54 bits per heavy atom. The van der Waals surface area contributed by atoms with Gasteiger partial charge < -0.3 is 10.6 Å². The molecule has 0 radical (unpaired) electrons. The highest BCUT2D eigenvalue weighted by molar-refractivity contribution is 5.40. The Balaban J connectivity index is 2.69. The van der Waals surface area contributed by atoms with Crippen molar-refractivity contribution in [1.82, 2.24) is 4.90 Å². The summed E-state index contributed by atoms with van der Waals surface area (Å²) in [7, 11) is 0. The highest BCUT2D eigenvalue weighted by atomic mass is 15.1. The predicted molar refractivity (Wildman–Crippen MR) is 55.8 cm³/mol. The van der Waals surface area contributed by atoms with Gasteiger partial charge >= 0.3 is 0 Å². The summed E-state index contributed by atoms with van der Waals surface area (Å²) in [6.45, 7) is 5.85. The number of hydrogen-bond acceptors (Lipinski definition) is 2. The first kappa shape index (κ1) is 9.63. The van der Waals surface area contributed by atoms with Gasteiger partial charge in [-0.05, 0) is 11.1 Å². The van der Waals surface area contributed by atoms with Gasteiger partial charge in [0, 0.05) is 19.3 Å². The Hall–Kier alpha value is -1.46. The second-order valence-electron chi connectivity index (χ2n) is 2.93. The molecule has 0 saturated carbocycles. The summed E-state index contributed by atoms with van der Waals surface area (Å²) in [6.07, 6.45) is 11.3. The zero-order valence-electron chi connectivity index (χ0n) is 7.66. The predicted octanol–water partition coefficient (Wildman–Crippen LogP) is 0.890. The van der Waals surface area contributed by atoms with E-state index < -0.39 is 0 Å². The van der Waals surface area contributed by atoms with Crippen molar-refractivity contribution >= 4 is 0 Å². The van der Waals surface area contributed by atoms with Crippen molar-refractivity contribution in [3.8, 4) is 12.3 Å². The number of allylic oxidation sites excluding steroid dienone is 1. The molecule has 0 saturated heterocycles. The largest absolute Gasteiger partial charge is 0.362 e. The first-order chi connectivity index (χ1) is 6.27. The van der Waals surface area contributed by atoms with Gasteiger partial charge in [-0.15, -0.1) is 6.42 Å². The Bertz CT molecular complexity index is 292. The normalized spacial score (nSPS) is 15.1. The highest BCUT2D eigenvalue weighted by Gasteiger charge is 2.05. The molecule has 68 valence electrons. The smallest absolute Gasteiger partial charge is 0.0789 e. The van der Waals surface area contributed by atoms with E-state index >= 15 is 0 Å². The first-order valence-corrected chi connectivity index (χ1v) is 4.22. The van der Waals surface area contributed by atoms with Gasteiger partial charge in [0.25, 0.3) is 0 Å². The van der Waals surface area contributed by atoms with E-state index in [0.29, 0.717) is 13.1 Å². The van der Waals surface area contributed by atoms with Gasteiger partial charge in [-0.3, -0.25) is 0 Å². The van der Waals surface area contributed by atoms with E-state index in [9.17, 15) is 0 Å². The van der Waals surface area contributed by atoms with E-state index in [2.05, 4.69) is 23.5 Å². The third-order valence-corrected chi connectivity index (χ3v) is 1.91. The summed E-state index contributed by atoms with van der Waals surface area (Å²) in [5.74, 6) is 2.60. The lowest BCUT2D eigenvalue weighted by Crippen LogP contribution is -2.21. The lowest BCUT2D eigenvalue weighted by atomic mass is 10.1. The molecule has 0 unspecified atom stereocenters. The molecule has 2 heteroatoms. The molecule has 0 atom stereocenters. The van der Waals surface area contributed by atoms with Crippen molar-refractivity contribution in [2.24, 2.45) is 5.73 Å². The van der Waals surface area contributed by atoms with Crippen LogP contribution in [-0.4, -0.2) is 24.5 Å². The molecule has 1 aliphatic heterocycles. The maximum atomic E-state index is 5.49. The van der Waals surface area contributed by atoms with Gasteiger partial charge in [-0.1, -0.05) is 24.7 Å². The van der Waals surface area contributed by atoms with Crippen molar-refractivity contribution in [3.63, 3.8) is 0 Å². The lowest BCUT2D eigenvalue weighted by Gasteiger charge is -2.21. The second-order valence-corrected chi connectivity index (χ2v) is 2.93. The van der Waals surface area contributed by atoms with Crippen LogP contribution in [0.1, 0.15) is 0 Å². The fourth-order valence-corrected chi connectivity index (χ4v) is 1.16. The number of hydrogen-bond donors (Lipinski definition) is 1. The van der Waals surface area contributed by atoms with Crippen LogP contribution in [0.5, 0.6) is 0 Å². The van der Waals surface area contributed by atoms with E-state index in [-0.39, 0.29) is 0 Å². The maximum Gasteiger partial charge on any atom is 0.0789 e. The maximum absolute atomic E-state index is 5.49.